The fraction of sp³-hybridized carbons (Fsp3) is 0.529. The molecule has 1 aliphatic rings. The van der Waals surface area contributed by atoms with Gasteiger partial charge in [0.05, 0.1) is 6.04 Å². The molecule has 0 aliphatic carbocycles. The summed E-state index contributed by atoms with van der Waals surface area (Å²) in [7, 11) is 0. The van der Waals surface area contributed by atoms with Crippen molar-refractivity contribution < 1.29 is 0 Å². The molecule has 19 heavy (non-hydrogen) atoms. The largest absolute Gasteiger partial charge is 0.312 e. The Hall–Kier alpha value is -1.30. The predicted molar refractivity (Wildman–Crippen MR) is 81.0 cm³/mol. The molecule has 1 heterocycles. The first-order valence-corrected chi connectivity index (χ1v) is 7.31. The van der Waals surface area contributed by atoms with Gasteiger partial charge in [0.25, 0.3) is 0 Å². The van der Waals surface area contributed by atoms with E-state index in [0.717, 1.165) is 32.5 Å². The second-order valence-electron chi connectivity index (χ2n) is 5.28. The molecule has 0 radical (unpaired) electrons. The molecule has 2 unspecified atom stereocenters. The van der Waals surface area contributed by atoms with Gasteiger partial charge in [0.1, 0.15) is 0 Å². The highest BCUT2D eigenvalue weighted by atomic mass is 15.2. The highest BCUT2D eigenvalue weighted by molar-refractivity contribution is 5.16. The minimum absolute atomic E-state index is 0.290. The predicted octanol–water partition coefficient (Wildman–Crippen LogP) is 2.30. The first-order valence-electron chi connectivity index (χ1n) is 7.31. The van der Waals surface area contributed by atoms with Gasteiger partial charge in [0.15, 0.2) is 0 Å². The third kappa shape index (κ3) is 4.09. The maximum Gasteiger partial charge on any atom is 0.0709 e. The molecule has 2 heteroatoms. The van der Waals surface area contributed by atoms with Crippen molar-refractivity contribution in [3.8, 4) is 12.3 Å². The fourth-order valence-electron chi connectivity index (χ4n) is 2.83. The van der Waals surface area contributed by atoms with Crippen molar-refractivity contribution in [1.82, 2.24) is 10.2 Å². The van der Waals surface area contributed by atoms with Crippen molar-refractivity contribution in [2.75, 3.05) is 19.6 Å². The molecular formula is C17H24N2. The van der Waals surface area contributed by atoms with Crippen LogP contribution < -0.4 is 5.32 Å². The number of terminal acetylenes is 1. The van der Waals surface area contributed by atoms with Gasteiger partial charge < -0.3 is 5.32 Å². The van der Waals surface area contributed by atoms with Crippen LogP contribution in [0.4, 0.5) is 0 Å². The topological polar surface area (TPSA) is 15.3 Å². The van der Waals surface area contributed by atoms with Crippen LogP contribution in [0.2, 0.25) is 0 Å². The van der Waals surface area contributed by atoms with Crippen molar-refractivity contribution in [2.24, 2.45) is 0 Å². The zero-order valence-corrected chi connectivity index (χ0v) is 11.8. The molecule has 102 valence electrons. The van der Waals surface area contributed by atoms with Gasteiger partial charge in [-0.3, -0.25) is 4.90 Å². The lowest BCUT2D eigenvalue weighted by Gasteiger charge is -2.28. The molecule has 0 bridgehead atoms. The lowest BCUT2D eigenvalue weighted by atomic mass is 10.0. The Morgan fingerprint density at radius 3 is 2.89 bits per heavy atom. The Balaban J connectivity index is 1.99. The molecule has 2 rings (SSSR count). The summed E-state index contributed by atoms with van der Waals surface area (Å²) in [5.41, 5.74) is 1.40. The minimum Gasteiger partial charge on any atom is -0.312 e. The Kier molecular flexibility index (Phi) is 5.44. The van der Waals surface area contributed by atoms with E-state index in [9.17, 15) is 0 Å². The van der Waals surface area contributed by atoms with Crippen LogP contribution >= 0.6 is 0 Å². The quantitative estimate of drug-likeness (QED) is 0.832. The van der Waals surface area contributed by atoms with Crippen LogP contribution in [0.25, 0.3) is 0 Å². The highest BCUT2D eigenvalue weighted by Gasteiger charge is 2.21. The third-order valence-corrected chi connectivity index (χ3v) is 3.85. The number of benzene rings is 1. The molecule has 2 nitrogen and oxygen atoms in total. The van der Waals surface area contributed by atoms with Crippen molar-refractivity contribution in [2.45, 2.75) is 38.3 Å². The smallest absolute Gasteiger partial charge is 0.0709 e. The second kappa shape index (κ2) is 7.33. The average Bonchev–Trinajstić information content (AvgIpc) is 2.67. The summed E-state index contributed by atoms with van der Waals surface area (Å²) in [5.74, 6) is 2.93. The molecular weight excluding hydrogens is 232 g/mol. The van der Waals surface area contributed by atoms with E-state index in [1.165, 1.54) is 12.0 Å². The Labute approximate surface area is 117 Å². The maximum absolute atomic E-state index is 5.65. The molecule has 1 aromatic rings. The lowest BCUT2D eigenvalue weighted by Crippen LogP contribution is -2.43. The summed E-state index contributed by atoms with van der Waals surface area (Å²) < 4.78 is 0. The zero-order chi connectivity index (χ0) is 13.5. The third-order valence-electron chi connectivity index (χ3n) is 3.85. The van der Waals surface area contributed by atoms with Crippen LogP contribution in [0.5, 0.6) is 0 Å². The van der Waals surface area contributed by atoms with Crippen molar-refractivity contribution in [3.63, 3.8) is 0 Å². The SMILES string of the molecule is C#CC(CC)N1CCCNC(Cc2ccccc2)C1. The van der Waals surface area contributed by atoms with E-state index in [0.29, 0.717) is 6.04 Å². The van der Waals surface area contributed by atoms with Crippen LogP contribution in [0.3, 0.4) is 0 Å². The van der Waals surface area contributed by atoms with E-state index < -0.39 is 0 Å². The highest BCUT2D eigenvalue weighted by Crippen LogP contribution is 2.11. The number of hydrogen-bond acceptors (Lipinski definition) is 2. The van der Waals surface area contributed by atoms with Gasteiger partial charge in [0, 0.05) is 19.1 Å². The minimum atomic E-state index is 0.290. The molecule has 0 aromatic heterocycles. The molecule has 1 aromatic carbocycles. The van der Waals surface area contributed by atoms with E-state index in [-0.39, 0.29) is 6.04 Å². The Morgan fingerprint density at radius 2 is 2.21 bits per heavy atom. The summed E-state index contributed by atoms with van der Waals surface area (Å²) in [4.78, 5) is 2.47. The molecule has 1 fully saturated rings. The van der Waals surface area contributed by atoms with E-state index in [1.807, 2.05) is 0 Å². The van der Waals surface area contributed by atoms with E-state index in [4.69, 9.17) is 6.42 Å². The van der Waals surface area contributed by atoms with Gasteiger partial charge in [-0.1, -0.05) is 43.2 Å². The first kappa shape index (κ1) is 14.1. The number of nitrogens with zero attached hydrogens (tertiary/aromatic N) is 1. The van der Waals surface area contributed by atoms with Gasteiger partial charge in [-0.25, -0.2) is 0 Å². The molecule has 1 aliphatic heterocycles. The van der Waals surface area contributed by atoms with Crippen molar-refractivity contribution >= 4 is 0 Å². The van der Waals surface area contributed by atoms with Gasteiger partial charge in [-0.2, -0.15) is 0 Å². The van der Waals surface area contributed by atoms with Crippen LogP contribution in [-0.4, -0.2) is 36.6 Å². The van der Waals surface area contributed by atoms with Gasteiger partial charge in [-0.05, 0) is 31.4 Å². The van der Waals surface area contributed by atoms with E-state index in [2.05, 4.69) is 53.4 Å². The maximum atomic E-state index is 5.65. The zero-order valence-electron chi connectivity index (χ0n) is 11.8. The number of rotatable bonds is 4. The van der Waals surface area contributed by atoms with Crippen LogP contribution in [0.1, 0.15) is 25.3 Å². The second-order valence-corrected chi connectivity index (χ2v) is 5.28. The van der Waals surface area contributed by atoms with Gasteiger partial charge in [-0.15, -0.1) is 6.42 Å². The average molecular weight is 256 g/mol. The summed E-state index contributed by atoms with van der Waals surface area (Å²) in [6, 6.07) is 11.5. The van der Waals surface area contributed by atoms with Crippen LogP contribution in [0.15, 0.2) is 30.3 Å². The van der Waals surface area contributed by atoms with E-state index in [1.54, 1.807) is 0 Å². The number of hydrogen-bond donors (Lipinski definition) is 1. The first-order chi connectivity index (χ1) is 9.33. The summed E-state index contributed by atoms with van der Waals surface area (Å²) in [6.45, 7) is 5.43. The Morgan fingerprint density at radius 1 is 1.42 bits per heavy atom. The molecule has 0 spiro atoms. The monoisotopic (exact) mass is 256 g/mol. The fourth-order valence-corrected chi connectivity index (χ4v) is 2.83. The lowest BCUT2D eigenvalue weighted by molar-refractivity contribution is 0.226. The number of nitrogens with one attached hydrogen (secondary N) is 1. The Bertz CT molecular complexity index is 407. The molecule has 0 saturated carbocycles. The summed E-state index contributed by atoms with van der Waals surface area (Å²) in [5, 5.41) is 3.65. The van der Waals surface area contributed by atoms with Crippen molar-refractivity contribution in [3.05, 3.63) is 35.9 Å². The summed E-state index contributed by atoms with van der Waals surface area (Å²) in [6.07, 6.45) is 8.95. The molecule has 0 amide bonds. The summed E-state index contributed by atoms with van der Waals surface area (Å²) >= 11 is 0. The van der Waals surface area contributed by atoms with E-state index >= 15 is 0 Å². The van der Waals surface area contributed by atoms with Crippen molar-refractivity contribution in [1.29, 1.82) is 0 Å². The molecule has 1 N–H and O–H groups in total. The normalized spacial score (nSPS) is 22.4. The van der Waals surface area contributed by atoms with Gasteiger partial charge >= 0.3 is 0 Å². The molecule has 1 saturated heterocycles. The molecule has 2 atom stereocenters. The standard InChI is InChI=1S/C17H24N2/c1-3-17(4-2)19-12-8-11-18-16(14-19)13-15-9-6-5-7-10-15/h1,5-7,9-10,16-18H,4,8,11-14H2,2H3. The van der Waals surface area contributed by atoms with Gasteiger partial charge in [0.2, 0.25) is 0 Å². The van der Waals surface area contributed by atoms with Crippen LogP contribution in [0, 0.1) is 12.3 Å². The van der Waals surface area contributed by atoms with Crippen LogP contribution in [-0.2, 0) is 6.42 Å².